The average Bonchev–Trinajstić information content (AvgIpc) is 2.59. The Labute approximate surface area is 143 Å². The summed E-state index contributed by atoms with van der Waals surface area (Å²) in [5, 5.41) is 2.62. The van der Waals surface area contributed by atoms with E-state index in [0.29, 0.717) is 32.4 Å². The normalized spacial score (nSPS) is 15.0. The predicted molar refractivity (Wildman–Crippen MR) is 84.6 cm³/mol. The molecule has 1 fully saturated rings. The molecule has 1 aromatic rings. The van der Waals surface area contributed by atoms with Gasteiger partial charge in [0, 0.05) is 33.1 Å². The van der Waals surface area contributed by atoms with E-state index < -0.39 is 41.5 Å². The van der Waals surface area contributed by atoms with Crippen LogP contribution < -0.4 is 10.2 Å². The molecule has 9 heteroatoms. The van der Waals surface area contributed by atoms with Gasteiger partial charge < -0.3 is 15.0 Å². The van der Waals surface area contributed by atoms with Crippen molar-refractivity contribution >= 4 is 17.5 Å². The smallest absolute Gasteiger partial charge is 0.240 e. The second kappa shape index (κ2) is 8.82. The van der Waals surface area contributed by atoms with Crippen molar-refractivity contribution in [3.8, 4) is 0 Å². The van der Waals surface area contributed by atoms with Gasteiger partial charge in [-0.2, -0.15) is 0 Å². The highest BCUT2D eigenvalue weighted by molar-refractivity contribution is 5.97. The van der Waals surface area contributed by atoms with Crippen molar-refractivity contribution in [1.29, 1.82) is 0 Å². The minimum Gasteiger partial charge on any atom is -0.379 e. The number of halogens is 3. The van der Waals surface area contributed by atoms with Gasteiger partial charge in [0.05, 0.1) is 18.9 Å². The highest BCUT2D eigenvalue weighted by Gasteiger charge is 2.23. The minimum absolute atomic E-state index is 0.352. The Kier molecular flexibility index (Phi) is 6.77. The lowest BCUT2D eigenvalue weighted by molar-refractivity contribution is -0.123. The van der Waals surface area contributed by atoms with Crippen molar-refractivity contribution < 1.29 is 27.5 Å². The zero-order valence-electron chi connectivity index (χ0n) is 13.9. The van der Waals surface area contributed by atoms with Crippen molar-refractivity contribution in [2.75, 3.05) is 50.8 Å². The molecular weight excluding hydrogens is 339 g/mol. The van der Waals surface area contributed by atoms with Crippen LogP contribution in [0.4, 0.5) is 18.9 Å². The van der Waals surface area contributed by atoms with Gasteiger partial charge in [-0.25, -0.2) is 13.2 Å². The fourth-order valence-electron chi connectivity index (χ4n) is 2.47. The molecule has 0 aromatic heterocycles. The maximum absolute atomic E-state index is 13.9. The number of rotatable bonds is 6. The molecule has 0 radical (unpaired) electrons. The van der Waals surface area contributed by atoms with Crippen LogP contribution in [0.15, 0.2) is 12.1 Å². The predicted octanol–water partition coefficient (Wildman–Crippen LogP) is 0.905. The van der Waals surface area contributed by atoms with Crippen molar-refractivity contribution in [2.45, 2.75) is 6.92 Å². The van der Waals surface area contributed by atoms with E-state index in [4.69, 9.17) is 4.74 Å². The summed E-state index contributed by atoms with van der Waals surface area (Å²) < 4.78 is 45.5. The lowest BCUT2D eigenvalue weighted by Gasteiger charge is -2.26. The summed E-state index contributed by atoms with van der Waals surface area (Å²) in [7, 11) is 0. The van der Waals surface area contributed by atoms with E-state index >= 15 is 0 Å². The van der Waals surface area contributed by atoms with Crippen molar-refractivity contribution in [3.63, 3.8) is 0 Å². The Morgan fingerprint density at radius 3 is 2.52 bits per heavy atom. The first-order chi connectivity index (χ1) is 11.9. The first kappa shape index (κ1) is 19.2. The molecule has 0 aliphatic carbocycles. The highest BCUT2D eigenvalue weighted by Crippen LogP contribution is 2.23. The minimum atomic E-state index is -1.68. The quantitative estimate of drug-likeness (QED) is 0.767. The maximum atomic E-state index is 13.9. The van der Waals surface area contributed by atoms with E-state index in [0.717, 1.165) is 31.0 Å². The molecule has 0 atom stereocenters. The molecule has 1 saturated heterocycles. The summed E-state index contributed by atoms with van der Waals surface area (Å²) in [6.45, 7) is 4.43. The van der Waals surface area contributed by atoms with Gasteiger partial charge in [-0.3, -0.25) is 14.5 Å². The van der Waals surface area contributed by atoms with Crippen LogP contribution in [-0.4, -0.2) is 62.7 Å². The van der Waals surface area contributed by atoms with Crippen LogP contribution >= 0.6 is 0 Å². The first-order valence-corrected chi connectivity index (χ1v) is 7.88. The number of ether oxygens (including phenoxy) is 1. The Hall–Kier alpha value is -2.13. The van der Waals surface area contributed by atoms with Crippen molar-refractivity contribution in [2.24, 2.45) is 0 Å². The van der Waals surface area contributed by atoms with E-state index in [1.165, 1.54) is 0 Å². The van der Waals surface area contributed by atoms with E-state index in [1.54, 1.807) is 0 Å². The Morgan fingerprint density at radius 1 is 1.20 bits per heavy atom. The van der Waals surface area contributed by atoms with Gasteiger partial charge in [0.25, 0.3) is 0 Å². The van der Waals surface area contributed by atoms with Crippen LogP contribution in [0.3, 0.4) is 0 Å². The summed E-state index contributed by atoms with van der Waals surface area (Å²) >= 11 is 0. The van der Waals surface area contributed by atoms with Gasteiger partial charge in [-0.05, 0) is 12.1 Å². The van der Waals surface area contributed by atoms with Gasteiger partial charge in [-0.15, -0.1) is 0 Å². The number of carbonyl (C=O) groups excluding carboxylic acids is 2. The Balaban J connectivity index is 1.93. The molecule has 6 nitrogen and oxygen atoms in total. The summed E-state index contributed by atoms with van der Waals surface area (Å²) in [5.74, 6) is -5.73. The van der Waals surface area contributed by atoms with Crippen LogP contribution in [0.25, 0.3) is 0 Å². The molecule has 0 bridgehead atoms. The summed E-state index contributed by atoms with van der Waals surface area (Å²) in [6, 6.07) is 1.64. The molecule has 0 spiro atoms. The molecule has 1 heterocycles. The zero-order valence-corrected chi connectivity index (χ0v) is 13.9. The number of nitrogens with zero attached hydrogens (tertiary/aromatic N) is 2. The van der Waals surface area contributed by atoms with Crippen molar-refractivity contribution in [1.82, 2.24) is 10.2 Å². The van der Waals surface area contributed by atoms with Crippen LogP contribution in [0.2, 0.25) is 0 Å². The molecule has 1 N–H and O–H groups in total. The second-order valence-electron chi connectivity index (χ2n) is 5.60. The summed E-state index contributed by atoms with van der Waals surface area (Å²) in [5.41, 5.74) is -0.477. The fourth-order valence-corrected chi connectivity index (χ4v) is 2.47. The molecule has 0 saturated carbocycles. The molecule has 1 aromatic carbocycles. The van der Waals surface area contributed by atoms with Gasteiger partial charge in [0.1, 0.15) is 6.54 Å². The number of carbonyl (C=O) groups is 2. The van der Waals surface area contributed by atoms with Gasteiger partial charge in [-0.1, -0.05) is 0 Å². The molecule has 1 aliphatic rings. The van der Waals surface area contributed by atoms with E-state index in [1.807, 2.05) is 0 Å². The Bertz CT molecular complexity index is 637. The number of hydrogen-bond acceptors (Lipinski definition) is 4. The number of anilines is 1. The van der Waals surface area contributed by atoms with E-state index in [2.05, 4.69) is 10.2 Å². The van der Waals surface area contributed by atoms with Crippen LogP contribution in [-0.2, 0) is 14.3 Å². The lowest BCUT2D eigenvalue weighted by atomic mass is 10.2. The van der Waals surface area contributed by atoms with Gasteiger partial charge >= 0.3 is 0 Å². The molecule has 25 heavy (non-hydrogen) atoms. The number of amides is 2. The molecule has 1 aliphatic heterocycles. The van der Waals surface area contributed by atoms with Crippen LogP contribution in [0.1, 0.15) is 6.92 Å². The average molecular weight is 359 g/mol. The van der Waals surface area contributed by atoms with Crippen LogP contribution in [0.5, 0.6) is 0 Å². The maximum Gasteiger partial charge on any atom is 0.240 e. The highest BCUT2D eigenvalue weighted by atomic mass is 19.2. The lowest BCUT2D eigenvalue weighted by Crippen LogP contribution is -2.44. The molecule has 138 valence electrons. The SMILES string of the molecule is CC(=O)N(CC(=O)NCCN1CCOCC1)c1ccc(F)c(F)c1F. The van der Waals surface area contributed by atoms with Gasteiger partial charge in [0.15, 0.2) is 17.5 Å². The Morgan fingerprint density at radius 2 is 1.88 bits per heavy atom. The van der Waals surface area contributed by atoms with E-state index in [9.17, 15) is 22.8 Å². The first-order valence-electron chi connectivity index (χ1n) is 7.88. The fraction of sp³-hybridized carbons (Fsp3) is 0.500. The largest absolute Gasteiger partial charge is 0.379 e. The third-order valence-corrected chi connectivity index (χ3v) is 3.84. The third kappa shape index (κ3) is 5.17. The van der Waals surface area contributed by atoms with E-state index in [-0.39, 0.29) is 0 Å². The number of morpholine rings is 1. The standard InChI is InChI=1S/C16H20F3N3O3/c1-11(23)22(13-3-2-12(17)15(18)16(13)19)10-14(24)20-4-5-21-6-8-25-9-7-21/h2-3H,4-10H2,1H3,(H,20,24). The van der Waals surface area contributed by atoms with Gasteiger partial charge in [0.2, 0.25) is 11.8 Å². The summed E-state index contributed by atoms with van der Waals surface area (Å²) in [6.07, 6.45) is 0. The number of hydrogen-bond donors (Lipinski definition) is 1. The molecule has 2 amide bonds. The second-order valence-corrected chi connectivity index (χ2v) is 5.60. The number of nitrogens with one attached hydrogen (secondary N) is 1. The third-order valence-electron chi connectivity index (χ3n) is 3.84. The van der Waals surface area contributed by atoms with Crippen LogP contribution in [0, 0.1) is 17.5 Å². The topological polar surface area (TPSA) is 61.9 Å². The molecular formula is C16H20F3N3O3. The number of benzene rings is 1. The summed E-state index contributed by atoms with van der Waals surface area (Å²) in [4.78, 5) is 26.6. The monoisotopic (exact) mass is 359 g/mol. The van der Waals surface area contributed by atoms with Crippen molar-refractivity contribution in [3.05, 3.63) is 29.6 Å². The molecule has 0 unspecified atom stereocenters. The zero-order chi connectivity index (χ0) is 18.4. The molecule has 2 rings (SSSR count).